The van der Waals surface area contributed by atoms with Crippen LogP contribution in [0.4, 0.5) is 5.69 Å². The smallest absolute Gasteiger partial charge is 0.234 e. The van der Waals surface area contributed by atoms with Crippen LogP contribution in [0.2, 0.25) is 5.02 Å². The second-order valence-corrected chi connectivity index (χ2v) is 6.77. The fourth-order valence-electron chi connectivity index (χ4n) is 2.11. The highest BCUT2D eigenvalue weighted by molar-refractivity contribution is 7.99. The molecule has 122 valence electrons. The van der Waals surface area contributed by atoms with Gasteiger partial charge in [0.2, 0.25) is 11.1 Å². The van der Waals surface area contributed by atoms with Gasteiger partial charge in [-0.1, -0.05) is 23.4 Å². The van der Waals surface area contributed by atoms with Gasteiger partial charge in [0.1, 0.15) is 11.6 Å². The number of aromatic nitrogens is 3. The number of carbonyl (C=O) groups is 1. The van der Waals surface area contributed by atoms with E-state index in [1.807, 2.05) is 6.92 Å². The van der Waals surface area contributed by atoms with Crippen molar-refractivity contribution in [3.8, 4) is 5.75 Å². The average Bonchev–Trinajstić information content (AvgIpc) is 3.27. The molecule has 0 spiro atoms. The molecule has 3 rings (SSSR count). The molecule has 0 aliphatic heterocycles. The first-order valence-electron chi connectivity index (χ1n) is 7.26. The van der Waals surface area contributed by atoms with Crippen LogP contribution in [-0.2, 0) is 4.79 Å². The number of hydrogen-bond acceptors (Lipinski definition) is 5. The van der Waals surface area contributed by atoms with E-state index in [1.165, 1.54) is 11.8 Å². The van der Waals surface area contributed by atoms with Crippen molar-refractivity contribution in [2.75, 3.05) is 18.2 Å². The number of H-pyrrole nitrogens is 1. The predicted molar refractivity (Wildman–Crippen MR) is 90.5 cm³/mol. The van der Waals surface area contributed by atoms with E-state index in [9.17, 15) is 4.79 Å². The lowest BCUT2D eigenvalue weighted by molar-refractivity contribution is -0.113. The van der Waals surface area contributed by atoms with Crippen LogP contribution in [0.3, 0.4) is 0 Å². The number of nitrogens with one attached hydrogen (secondary N) is 2. The molecule has 1 aliphatic carbocycles. The molecule has 8 heteroatoms. The molecule has 0 atom stereocenters. The highest BCUT2D eigenvalue weighted by Gasteiger charge is 2.27. The molecule has 1 aromatic carbocycles. The Morgan fingerprint density at radius 3 is 3.00 bits per heavy atom. The Balaban J connectivity index is 1.59. The first-order valence-corrected chi connectivity index (χ1v) is 8.62. The highest BCUT2D eigenvalue weighted by atomic mass is 35.5. The van der Waals surface area contributed by atoms with Crippen molar-refractivity contribution < 1.29 is 9.53 Å². The summed E-state index contributed by atoms with van der Waals surface area (Å²) in [5, 5.41) is 11.1. The van der Waals surface area contributed by atoms with Crippen molar-refractivity contribution in [2.45, 2.75) is 30.8 Å². The van der Waals surface area contributed by atoms with Crippen molar-refractivity contribution in [3.63, 3.8) is 0 Å². The molecule has 2 N–H and O–H groups in total. The quantitative estimate of drug-likeness (QED) is 0.779. The molecule has 1 saturated carbocycles. The van der Waals surface area contributed by atoms with E-state index in [2.05, 4.69) is 20.5 Å². The molecule has 6 nitrogen and oxygen atoms in total. The third kappa shape index (κ3) is 3.97. The molecule has 0 bridgehead atoms. The number of aryl methyl sites for hydroxylation is 1. The van der Waals surface area contributed by atoms with E-state index in [-0.39, 0.29) is 11.7 Å². The Morgan fingerprint density at radius 1 is 1.52 bits per heavy atom. The van der Waals surface area contributed by atoms with Gasteiger partial charge in [-0.15, -0.1) is 5.10 Å². The summed E-state index contributed by atoms with van der Waals surface area (Å²) in [6, 6.07) is 3.48. The van der Waals surface area contributed by atoms with Gasteiger partial charge in [-0.2, -0.15) is 0 Å². The molecule has 0 unspecified atom stereocenters. The van der Waals surface area contributed by atoms with Crippen molar-refractivity contribution >= 4 is 35.0 Å². The fraction of sp³-hybridized carbons (Fsp3) is 0.400. The van der Waals surface area contributed by atoms with Crippen LogP contribution in [0.5, 0.6) is 5.75 Å². The van der Waals surface area contributed by atoms with E-state index < -0.39 is 0 Å². The maximum absolute atomic E-state index is 12.1. The minimum Gasteiger partial charge on any atom is -0.495 e. The summed E-state index contributed by atoms with van der Waals surface area (Å²) in [6.45, 7) is 1.87. The Hall–Kier alpha value is -1.73. The van der Waals surface area contributed by atoms with Crippen LogP contribution in [0.15, 0.2) is 17.3 Å². The topological polar surface area (TPSA) is 79.9 Å². The molecule has 1 heterocycles. The summed E-state index contributed by atoms with van der Waals surface area (Å²) in [5.41, 5.74) is 1.48. The molecular formula is C15H17ClN4O2S. The summed E-state index contributed by atoms with van der Waals surface area (Å²) in [6.07, 6.45) is 2.32. The summed E-state index contributed by atoms with van der Waals surface area (Å²) < 4.78 is 5.25. The first kappa shape index (κ1) is 16.1. The second kappa shape index (κ2) is 6.80. The minimum absolute atomic E-state index is 0.146. The third-order valence-corrected chi connectivity index (χ3v) is 4.79. The standard InChI is InChI=1S/C15H17ClN4O2S/c1-8-5-11(12(22-2)6-10(8)16)17-13(21)7-23-15-18-14(19-20-15)9-3-4-9/h5-6,9H,3-4,7H2,1-2H3,(H,17,21)(H,18,19,20). The zero-order valence-electron chi connectivity index (χ0n) is 12.9. The van der Waals surface area contributed by atoms with Gasteiger partial charge in [0.25, 0.3) is 0 Å². The molecule has 0 saturated heterocycles. The maximum Gasteiger partial charge on any atom is 0.234 e. The Bertz CT molecular complexity index is 730. The molecule has 1 amide bonds. The largest absolute Gasteiger partial charge is 0.495 e. The van der Waals surface area contributed by atoms with Crippen LogP contribution in [0.25, 0.3) is 0 Å². The number of anilines is 1. The minimum atomic E-state index is -0.146. The van der Waals surface area contributed by atoms with Crippen LogP contribution >= 0.6 is 23.4 Å². The van der Waals surface area contributed by atoms with Gasteiger partial charge < -0.3 is 10.1 Å². The summed E-state index contributed by atoms with van der Waals surface area (Å²) in [7, 11) is 1.54. The molecule has 23 heavy (non-hydrogen) atoms. The second-order valence-electron chi connectivity index (χ2n) is 5.42. The number of carbonyl (C=O) groups excluding carboxylic acids is 1. The zero-order valence-corrected chi connectivity index (χ0v) is 14.4. The number of methoxy groups -OCH3 is 1. The number of amides is 1. The predicted octanol–water partition coefficient (Wildman–Crippen LogP) is 3.38. The van der Waals surface area contributed by atoms with Gasteiger partial charge >= 0.3 is 0 Å². The number of thioether (sulfide) groups is 1. The van der Waals surface area contributed by atoms with Crippen LogP contribution in [0.1, 0.15) is 30.1 Å². The number of nitrogens with zero attached hydrogens (tertiary/aromatic N) is 2. The Kier molecular flexibility index (Phi) is 4.77. The summed E-state index contributed by atoms with van der Waals surface area (Å²) >= 11 is 7.36. The van der Waals surface area contributed by atoms with Crippen molar-refractivity contribution in [1.29, 1.82) is 0 Å². The molecule has 2 aromatic rings. The van der Waals surface area contributed by atoms with E-state index >= 15 is 0 Å². The van der Waals surface area contributed by atoms with Gasteiger partial charge in [-0.25, -0.2) is 4.98 Å². The van der Waals surface area contributed by atoms with E-state index in [0.29, 0.717) is 27.5 Å². The Labute approximate surface area is 143 Å². The van der Waals surface area contributed by atoms with E-state index in [0.717, 1.165) is 24.2 Å². The summed E-state index contributed by atoms with van der Waals surface area (Å²) in [4.78, 5) is 16.5. The number of hydrogen-bond donors (Lipinski definition) is 2. The van der Waals surface area contributed by atoms with Crippen molar-refractivity contribution in [3.05, 3.63) is 28.5 Å². The number of rotatable bonds is 6. The number of halogens is 1. The molecule has 1 fully saturated rings. The highest BCUT2D eigenvalue weighted by Crippen LogP contribution is 2.38. The molecular weight excluding hydrogens is 336 g/mol. The average molecular weight is 353 g/mol. The molecule has 1 aromatic heterocycles. The van der Waals surface area contributed by atoms with E-state index in [1.54, 1.807) is 19.2 Å². The molecule has 0 radical (unpaired) electrons. The van der Waals surface area contributed by atoms with Gasteiger partial charge in [0.05, 0.1) is 18.6 Å². The Morgan fingerprint density at radius 2 is 2.30 bits per heavy atom. The van der Waals surface area contributed by atoms with Crippen molar-refractivity contribution in [2.24, 2.45) is 0 Å². The monoisotopic (exact) mass is 352 g/mol. The zero-order chi connectivity index (χ0) is 16.4. The first-order chi connectivity index (χ1) is 11.1. The normalized spacial score (nSPS) is 13.9. The number of aromatic amines is 1. The van der Waals surface area contributed by atoms with E-state index in [4.69, 9.17) is 16.3 Å². The van der Waals surface area contributed by atoms with Crippen LogP contribution in [0, 0.1) is 6.92 Å². The van der Waals surface area contributed by atoms with Gasteiger partial charge in [0, 0.05) is 17.0 Å². The number of ether oxygens (including phenoxy) is 1. The third-order valence-electron chi connectivity index (χ3n) is 3.53. The van der Waals surface area contributed by atoms with Crippen molar-refractivity contribution in [1.82, 2.24) is 15.2 Å². The fourth-order valence-corrected chi connectivity index (χ4v) is 2.87. The van der Waals surface area contributed by atoms with Crippen LogP contribution in [-0.4, -0.2) is 34.0 Å². The van der Waals surface area contributed by atoms with Crippen LogP contribution < -0.4 is 10.1 Å². The van der Waals surface area contributed by atoms with Gasteiger partial charge in [0.15, 0.2) is 0 Å². The van der Waals surface area contributed by atoms with Gasteiger partial charge in [-0.3, -0.25) is 9.89 Å². The lowest BCUT2D eigenvalue weighted by Gasteiger charge is -2.11. The number of benzene rings is 1. The SMILES string of the molecule is COc1cc(Cl)c(C)cc1NC(=O)CSc1n[nH]c(C2CC2)n1. The maximum atomic E-state index is 12.1. The molecule has 1 aliphatic rings. The lowest BCUT2D eigenvalue weighted by Crippen LogP contribution is -2.15. The lowest BCUT2D eigenvalue weighted by atomic mass is 10.2. The summed E-state index contributed by atoms with van der Waals surface area (Å²) in [5.74, 6) is 2.06. The van der Waals surface area contributed by atoms with Gasteiger partial charge in [-0.05, 0) is 31.4 Å².